The van der Waals surface area contributed by atoms with Crippen molar-refractivity contribution in [2.45, 2.75) is 52.0 Å². The predicted octanol–water partition coefficient (Wildman–Crippen LogP) is 3.95. The third-order valence-corrected chi connectivity index (χ3v) is 6.14. The lowest BCUT2D eigenvalue weighted by Crippen LogP contribution is -2.40. The maximum absolute atomic E-state index is 13.1. The summed E-state index contributed by atoms with van der Waals surface area (Å²) in [6.07, 6.45) is 3.60. The molecular weight excluding hydrogens is 390 g/mol. The number of amides is 2. The molecule has 1 aliphatic carbocycles. The summed E-state index contributed by atoms with van der Waals surface area (Å²) in [4.78, 5) is 30.0. The van der Waals surface area contributed by atoms with Crippen LogP contribution in [0.15, 0.2) is 23.6 Å². The summed E-state index contributed by atoms with van der Waals surface area (Å²) in [6, 6.07) is 5.73. The highest BCUT2D eigenvalue weighted by Crippen LogP contribution is 2.43. The third kappa shape index (κ3) is 4.22. The number of carbonyl (C=O) groups excluding carboxylic acids is 2. The molecule has 1 aliphatic heterocycles. The SMILES string of the molecule is CC(C)NC(=O)CC1(C(=O)Nc2nc(-c3ccc4c(c3)OCO4)cs2)CCCC1. The number of anilines is 1. The van der Waals surface area contributed by atoms with Crippen molar-refractivity contribution in [2.75, 3.05) is 12.1 Å². The van der Waals surface area contributed by atoms with Crippen LogP contribution in [0.1, 0.15) is 46.0 Å². The summed E-state index contributed by atoms with van der Waals surface area (Å²) in [7, 11) is 0. The van der Waals surface area contributed by atoms with Gasteiger partial charge in [-0.15, -0.1) is 11.3 Å². The molecule has 1 aromatic carbocycles. The minimum absolute atomic E-state index is 0.0623. The Morgan fingerprint density at radius 1 is 1.21 bits per heavy atom. The lowest BCUT2D eigenvalue weighted by Gasteiger charge is -2.27. The average molecular weight is 416 g/mol. The van der Waals surface area contributed by atoms with Gasteiger partial charge in [-0.25, -0.2) is 4.98 Å². The van der Waals surface area contributed by atoms with Crippen molar-refractivity contribution in [3.63, 3.8) is 0 Å². The Morgan fingerprint density at radius 3 is 2.72 bits per heavy atom. The van der Waals surface area contributed by atoms with Crippen LogP contribution in [-0.2, 0) is 9.59 Å². The molecule has 2 N–H and O–H groups in total. The molecule has 0 saturated heterocycles. The monoisotopic (exact) mass is 415 g/mol. The summed E-state index contributed by atoms with van der Waals surface area (Å²) in [5, 5.41) is 8.31. The first kappa shape index (κ1) is 19.7. The molecule has 29 heavy (non-hydrogen) atoms. The average Bonchev–Trinajstić information content (AvgIpc) is 3.41. The topological polar surface area (TPSA) is 89.6 Å². The molecule has 2 aliphatic rings. The molecule has 0 unspecified atom stereocenters. The largest absolute Gasteiger partial charge is 0.454 e. The van der Waals surface area contributed by atoms with E-state index in [0.717, 1.165) is 42.7 Å². The van der Waals surface area contributed by atoms with Crippen molar-refractivity contribution in [3.8, 4) is 22.8 Å². The second-order valence-electron chi connectivity index (χ2n) is 7.95. The second kappa shape index (κ2) is 8.02. The molecule has 0 bridgehead atoms. The van der Waals surface area contributed by atoms with Gasteiger partial charge in [-0.1, -0.05) is 12.8 Å². The molecule has 4 rings (SSSR count). The Labute approximate surface area is 173 Å². The van der Waals surface area contributed by atoms with Crippen molar-refractivity contribution in [2.24, 2.45) is 5.41 Å². The fourth-order valence-electron chi connectivity index (χ4n) is 3.97. The minimum Gasteiger partial charge on any atom is -0.454 e. The molecule has 0 atom stereocenters. The highest BCUT2D eigenvalue weighted by molar-refractivity contribution is 7.14. The fraction of sp³-hybridized carbons (Fsp3) is 0.476. The van der Waals surface area contributed by atoms with E-state index in [1.54, 1.807) is 0 Å². The first-order valence-electron chi connectivity index (χ1n) is 9.92. The van der Waals surface area contributed by atoms with Gasteiger partial charge in [-0.2, -0.15) is 0 Å². The number of nitrogens with zero attached hydrogens (tertiary/aromatic N) is 1. The Kier molecular flexibility index (Phi) is 5.45. The highest BCUT2D eigenvalue weighted by Gasteiger charge is 2.43. The molecule has 2 heterocycles. The zero-order valence-electron chi connectivity index (χ0n) is 16.6. The van der Waals surface area contributed by atoms with Gasteiger partial charge in [0, 0.05) is 23.4 Å². The van der Waals surface area contributed by atoms with Gasteiger partial charge >= 0.3 is 0 Å². The van der Waals surface area contributed by atoms with Gasteiger partial charge in [0.2, 0.25) is 18.6 Å². The van der Waals surface area contributed by atoms with E-state index in [-0.39, 0.29) is 31.1 Å². The van der Waals surface area contributed by atoms with Crippen LogP contribution >= 0.6 is 11.3 Å². The van der Waals surface area contributed by atoms with Crippen LogP contribution < -0.4 is 20.1 Å². The number of fused-ring (bicyclic) bond motifs is 1. The van der Waals surface area contributed by atoms with E-state index in [9.17, 15) is 9.59 Å². The van der Waals surface area contributed by atoms with Crippen molar-refractivity contribution < 1.29 is 19.1 Å². The van der Waals surface area contributed by atoms with E-state index in [2.05, 4.69) is 15.6 Å². The summed E-state index contributed by atoms with van der Waals surface area (Å²) < 4.78 is 10.8. The molecule has 2 amide bonds. The molecule has 1 saturated carbocycles. The quantitative estimate of drug-likeness (QED) is 0.746. The van der Waals surface area contributed by atoms with Gasteiger partial charge < -0.3 is 20.1 Å². The van der Waals surface area contributed by atoms with Crippen LogP contribution in [-0.4, -0.2) is 29.6 Å². The van der Waals surface area contributed by atoms with Crippen LogP contribution in [0, 0.1) is 5.41 Å². The molecule has 154 valence electrons. The van der Waals surface area contributed by atoms with Crippen molar-refractivity contribution in [1.82, 2.24) is 10.3 Å². The number of nitrogens with one attached hydrogen (secondary N) is 2. The molecule has 0 radical (unpaired) electrons. The van der Waals surface area contributed by atoms with Crippen molar-refractivity contribution in [1.29, 1.82) is 0 Å². The number of rotatable bonds is 6. The molecule has 1 aromatic heterocycles. The maximum atomic E-state index is 13.1. The number of carbonyl (C=O) groups is 2. The second-order valence-corrected chi connectivity index (χ2v) is 8.80. The summed E-state index contributed by atoms with van der Waals surface area (Å²) >= 11 is 1.38. The zero-order valence-corrected chi connectivity index (χ0v) is 17.4. The molecule has 0 spiro atoms. The van der Waals surface area contributed by atoms with E-state index in [1.165, 1.54) is 11.3 Å². The van der Waals surface area contributed by atoms with E-state index in [1.807, 2.05) is 37.4 Å². The number of thiazole rings is 1. The van der Waals surface area contributed by atoms with E-state index < -0.39 is 5.41 Å². The van der Waals surface area contributed by atoms with Gasteiger partial charge in [-0.3, -0.25) is 9.59 Å². The van der Waals surface area contributed by atoms with E-state index in [0.29, 0.717) is 10.9 Å². The summed E-state index contributed by atoms with van der Waals surface area (Å²) in [5.74, 6) is 1.24. The smallest absolute Gasteiger partial charge is 0.232 e. The van der Waals surface area contributed by atoms with Crippen LogP contribution in [0.3, 0.4) is 0 Å². The molecular formula is C21H25N3O4S. The fourth-order valence-corrected chi connectivity index (χ4v) is 4.68. The van der Waals surface area contributed by atoms with Gasteiger partial charge in [0.15, 0.2) is 16.6 Å². The van der Waals surface area contributed by atoms with Gasteiger partial charge in [0.05, 0.1) is 11.1 Å². The molecule has 1 fully saturated rings. The van der Waals surface area contributed by atoms with E-state index in [4.69, 9.17) is 9.47 Å². The number of hydrogen-bond donors (Lipinski definition) is 2. The van der Waals surface area contributed by atoms with Crippen LogP contribution in [0.5, 0.6) is 11.5 Å². The Bertz CT molecular complexity index is 918. The highest BCUT2D eigenvalue weighted by atomic mass is 32.1. The van der Waals surface area contributed by atoms with Gasteiger partial charge in [-0.05, 0) is 44.9 Å². The summed E-state index contributed by atoms with van der Waals surface area (Å²) in [5.41, 5.74) is 1.02. The third-order valence-electron chi connectivity index (χ3n) is 5.38. The first-order chi connectivity index (χ1) is 13.9. The van der Waals surface area contributed by atoms with Crippen molar-refractivity contribution in [3.05, 3.63) is 23.6 Å². The van der Waals surface area contributed by atoms with Crippen molar-refractivity contribution >= 4 is 28.3 Å². The number of aromatic nitrogens is 1. The maximum Gasteiger partial charge on any atom is 0.232 e. The first-order valence-corrected chi connectivity index (χ1v) is 10.8. The van der Waals surface area contributed by atoms with Crippen LogP contribution in [0.25, 0.3) is 11.3 Å². The molecule has 7 nitrogen and oxygen atoms in total. The van der Waals surface area contributed by atoms with E-state index >= 15 is 0 Å². The Morgan fingerprint density at radius 2 is 1.97 bits per heavy atom. The number of benzene rings is 1. The zero-order chi connectivity index (χ0) is 20.4. The predicted molar refractivity (Wildman–Crippen MR) is 111 cm³/mol. The minimum atomic E-state index is -0.649. The number of ether oxygens (including phenoxy) is 2. The Balaban J connectivity index is 1.47. The molecule has 2 aromatic rings. The number of hydrogen-bond acceptors (Lipinski definition) is 6. The normalized spacial score (nSPS) is 16.8. The lowest BCUT2D eigenvalue weighted by atomic mass is 9.81. The standard InChI is InChI=1S/C21H25N3O4S/c1-13(2)22-18(25)10-21(7-3-4-8-21)19(26)24-20-23-15(11-29-20)14-5-6-16-17(9-14)28-12-27-16/h5-6,9,11,13H,3-4,7-8,10,12H2,1-2H3,(H,22,25)(H,23,24,26). The van der Waals surface area contributed by atoms with Gasteiger partial charge in [0.1, 0.15) is 0 Å². The summed E-state index contributed by atoms with van der Waals surface area (Å²) in [6.45, 7) is 4.07. The van der Waals surface area contributed by atoms with Gasteiger partial charge in [0.25, 0.3) is 0 Å². The molecule has 8 heteroatoms. The Hall–Kier alpha value is -2.61. The van der Waals surface area contributed by atoms with Crippen LogP contribution in [0.4, 0.5) is 5.13 Å². The lowest BCUT2D eigenvalue weighted by molar-refractivity contribution is -0.132. The van der Waals surface area contributed by atoms with Crippen LogP contribution in [0.2, 0.25) is 0 Å².